The number of ether oxygens (including phenoxy) is 1. The van der Waals surface area contributed by atoms with E-state index in [0.29, 0.717) is 17.4 Å². The lowest BCUT2D eigenvalue weighted by Crippen LogP contribution is -1.96. The van der Waals surface area contributed by atoms with Crippen LogP contribution in [0.25, 0.3) is 10.9 Å². The molecule has 3 rings (SSSR count). The second kappa shape index (κ2) is 4.89. The molecule has 94 valence electrons. The molecule has 0 aliphatic heterocycles. The first kappa shape index (κ1) is 11.4. The van der Waals surface area contributed by atoms with Crippen molar-refractivity contribution in [2.24, 2.45) is 0 Å². The summed E-state index contributed by atoms with van der Waals surface area (Å²) in [6.07, 6.45) is 4.97. The molecule has 0 bridgehead atoms. The van der Waals surface area contributed by atoms with Gasteiger partial charge >= 0.3 is 0 Å². The maximum Gasteiger partial charge on any atom is 0.239 e. The van der Waals surface area contributed by atoms with Crippen molar-refractivity contribution in [3.05, 3.63) is 48.9 Å². The number of aromatic nitrogens is 3. The van der Waals surface area contributed by atoms with E-state index in [1.54, 1.807) is 25.6 Å². The Morgan fingerprint density at radius 1 is 1.11 bits per heavy atom. The standard InChI is InChI=1S/C14H12N4O/c1-15-13-8-16-9-14(18-13)19-12-6-2-5-11-10(12)4-3-7-17-11/h2-9H,1H3,(H,15,18). The minimum absolute atomic E-state index is 0.447. The van der Waals surface area contributed by atoms with Gasteiger partial charge < -0.3 is 10.1 Å². The first-order valence-corrected chi connectivity index (χ1v) is 5.88. The van der Waals surface area contributed by atoms with Gasteiger partial charge in [0, 0.05) is 18.6 Å². The van der Waals surface area contributed by atoms with Crippen LogP contribution in [-0.2, 0) is 0 Å². The molecule has 3 aromatic rings. The van der Waals surface area contributed by atoms with Crippen LogP contribution in [0.1, 0.15) is 0 Å². The SMILES string of the molecule is CNc1cncc(Oc2cccc3ncccc23)n1. The molecular weight excluding hydrogens is 240 g/mol. The van der Waals surface area contributed by atoms with E-state index in [0.717, 1.165) is 10.9 Å². The van der Waals surface area contributed by atoms with E-state index in [2.05, 4.69) is 20.3 Å². The van der Waals surface area contributed by atoms with Crippen molar-refractivity contribution in [3.63, 3.8) is 0 Å². The number of hydrogen-bond donors (Lipinski definition) is 1. The van der Waals surface area contributed by atoms with E-state index >= 15 is 0 Å². The lowest BCUT2D eigenvalue weighted by Gasteiger charge is -2.08. The maximum absolute atomic E-state index is 5.78. The van der Waals surface area contributed by atoms with Crippen molar-refractivity contribution >= 4 is 16.7 Å². The van der Waals surface area contributed by atoms with Crippen LogP contribution >= 0.6 is 0 Å². The highest BCUT2D eigenvalue weighted by molar-refractivity contribution is 5.85. The minimum atomic E-state index is 0.447. The summed E-state index contributed by atoms with van der Waals surface area (Å²) in [5.41, 5.74) is 0.887. The van der Waals surface area contributed by atoms with E-state index < -0.39 is 0 Å². The summed E-state index contributed by atoms with van der Waals surface area (Å²) in [6.45, 7) is 0. The molecule has 2 heterocycles. The zero-order valence-electron chi connectivity index (χ0n) is 10.4. The van der Waals surface area contributed by atoms with Gasteiger partial charge in [-0.25, -0.2) is 0 Å². The smallest absolute Gasteiger partial charge is 0.239 e. The van der Waals surface area contributed by atoms with Crippen molar-refractivity contribution in [1.82, 2.24) is 15.0 Å². The van der Waals surface area contributed by atoms with Gasteiger partial charge in [-0.2, -0.15) is 4.98 Å². The number of benzene rings is 1. The van der Waals surface area contributed by atoms with Crippen molar-refractivity contribution in [2.45, 2.75) is 0 Å². The molecule has 0 atom stereocenters. The Morgan fingerprint density at radius 2 is 2.05 bits per heavy atom. The third kappa shape index (κ3) is 2.30. The first-order valence-electron chi connectivity index (χ1n) is 5.88. The topological polar surface area (TPSA) is 59.9 Å². The second-order valence-corrected chi connectivity index (χ2v) is 3.92. The molecule has 0 spiro atoms. The number of hydrogen-bond acceptors (Lipinski definition) is 5. The molecule has 0 saturated heterocycles. The molecule has 0 saturated carbocycles. The van der Waals surface area contributed by atoms with Crippen molar-refractivity contribution in [1.29, 1.82) is 0 Å². The van der Waals surface area contributed by atoms with Crippen LogP contribution in [0.5, 0.6) is 11.6 Å². The molecule has 0 aliphatic rings. The second-order valence-electron chi connectivity index (χ2n) is 3.92. The van der Waals surface area contributed by atoms with Crippen molar-refractivity contribution in [3.8, 4) is 11.6 Å². The Morgan fingerprint density at radius 3 is 2.95 bits per heavy atom. The van der Waals surface area contributed by atoms with E-state index in [1.165, 1.54) is 0 Å². The van der Waals surface area contributed by atoms with Gasteiger partial charge in [0.1, 0.15) is 11.6 Å². The van der Waals surface area contributed by atoms with Crippen molar-refractivity contribution in [2.75, 3.05) is 12.4 Å². The lowest BCUT2D eigenvalue weighted by molar-refractivity contribution is 0.466. The van der Waals surface area contributed by atoms with Crippen LogP contribution in [-0.4, -0.2) is 22.0 Å². The fraction of sp³-hybridized carbons (Fsp3) is 0.0714. The number of nitrogens with one attached hydrogen (secondary N) is 1. The molecule has 0 fully saturated rings. The summed E-state index contributed by atoms with van der Waals surface area (Å²) in [4.78, 5) is 12.6. The summed E-state index contributed by atoms with van der Waals surface area (Å²) in [6, 6.07) is 9.58. The number of nitrogens with zero attached hydrogens (tertiary/aromatic N) is 3. The van der Waals surface area contributed by atoms with E-state index in [9.17, 15) is 0 Å². The summed E-state index contributed by atoms with van der Waals surface area (Å²) in [5, 5.41) is 3.87. The lowest BCUT2D eigenvalue weighted by atomic mass is 10.2. The molecule has 19 heavy (non-hydrogen) atoms. The molecule has 2 aromatic heterocycles. The van der Waals surface area contributed by atoms with E-state index in [1.807, 2.05) is 30.3 Å². The van der Waals surface area contributed by atoms with Gasteiger partial charge in [0.25, 0.3) is 0 Å². The maximum atomic E-state index is 5.78. The molecule has 1 aromatic carbocycles. The Hall–Kier alpha value is -2.69. The van der Waals surface area contributed by atoms with Crippen LogP contribution in [0, 0.1) is 0 Å². The molecule has 0 amide bonds. The average Bonchev–Trinajstić information content (AvgIpc) is 2.48. The molecule has 0 unspecified atom stereocenters. The third-order valence-corrected chi connectivity index (χ3v) is 2.69. The monoisotopic (exact) mass is 252 g/mol. The number of pyridine rings is 1. The predicted octanol–water partition coefficient (Wildman–Crippen LogP) is 2.86. The van der Waals surface area contributed by atoms with Crippen LogP contribution in [0.2, 0.25) is 0 Å². The van der Waals surface area contributed by atoms with Gasteiger partial charge in [-0.1, -0.05) is 6.07 Å². The number of fused-ring (bicyclic) bond motifs is 1. The quantitative estimate of drug-likeness (QED) is 0.776. The van der Waals surface area contributed by atoms with E-state index in [4.69, 9.17) is 4.74 Å². The summed E-state index contributed by atoms with van der Waals surface area (Å²) >= 11 is 0. The van der Waals surface area contributed by atoms with Gasteiger partial charge in [-0.15, -0.1) is 0 Å². The van der Waals surface area contributed by atoms with Gasteiger partial charge in [-0.05, 0) is 24.3 Å². The Bertz CT molecular complexity index is 709. The highest BCUT2D eigenvalue weighted by Gasteiger charge is 2.05. The van der Waals surface area contributed by atoms with Crippen LogP contribution in [0.4, 0.5) is 5.82 Å². The molecule has 0 aliphatic carbocycles. The van der Waals surface area contributed by atoms with E-state index in [-0.39, 0.29) is 0 Å². The number of anilines is 1. The first-order chi connectivity index (χ1) is 9.36. The van der Waals surface area contributed by atoms with Crippen LogP contribution < -0.4 is 10.1 Å². The van der Waals surface area contributed by atoms with Crippen molar-refractivity contribution < 1.29 is 4.74 Å². The average molecular weight is 252 g/mol. The normalized spacial score (nSPS) is 10.4. The summed E-state index contributed by atoms with van der Waals surface area (Å²) in [5.74, 6) is 1.83. The zero-order chi connectivity index (χ0) is 13.1. The highest BCUT2D eigenvalue weighted by Crippen LogP contribution is 2.27. The highest BCUT2D eigenvalue weighted by atomic mass is 16.5. The fourth-order valence-electron chi connectivity index (χ4n) is 1.79. The fourth-order valence-corrected chi connectivity index (χ4v) is 1.79. The zero-order valence-corrected chi connectivity index (χ0v) is 10.4. The summed E-state index contributed by atoms with van der Waals surface area (Å²) < 4.78 is 5.78. The molecule has 5 heteroatoms. The Kier molecular flexibility index (Phi) is 2.94. The summed E-state index contributed by atoms with van der Waals surface area (Å²) in [7, 11) is 1.79. The largest absolute Gasteiger partial charge is 0.437 e. The van der Waals surface area contributed by atoms with Gasteiger partial charge in [-0.3, -0.25) is 9.97 Å². The van der Waals surface area contributed by atoms with Crippen LogP contribution in [0.3, 0.4) is 0 Å². The molecule has 0 radical (unpaired) electrons. The molecule has 5 nitrogen and oxygen atoms in total. The predicted molar refractivity (Wildman–Crippen MR) is 73.4 cm³/mol. The van der Waals surface area contributed by atoms with Gasteiger partial charge in [0.15, 0.2) is 0 Å². The third-order valence-electron chi connectivity index (χ3n) is 2.69. The van der Waals surface area contributed by atoms with Gasteiger partial charge in [0.2, 0.25) is 5.88 Å². The Balaban J connectivity index is 2.01. The van der Waals surface area contributed by atoms with Gasteiger partial charge in [0.05, 0.1) is 17.9 Å². The molecular formula is C14H12N4O. The minimum Gasteiger partial charge on any atom is -0.437 e. The Labute approximate surface area is 110 Å². The number of rotatable bonds is 3. The molecule has 1 N–H and O–H groups in total. The van der Waals surface area contributed by atoms with Crippen LogP contribution in [0.15, 0.2) is 48.9 Å².